The maximum Gasteiger partial charge on any atom is 0.192 e. The van der Waals surface area contributed by atoms with Crippen LogP contribution in [0.5, 0.6) is 0 Å². The molecule has 0 aromatic heterocycles. The molecule has 1 fully saturated rings. The van der Waals surface area contributed by atoms with Crippen molar-refractivity contribution in [3.63, 3.8) is 0 Å². The van der Waals surface area contributed by atoms with Crippen molar-refractivity contribution >= 4 is 8.32 Å². The summed E-state index contributed by atoms with van der Waals surface area (Å²) in [5.74, 6) is -0.638. The fourth-order valence-electron chi connectivity index (χ4n) is 3.06. The maximum atomic E-state index is 10.3. The van der Waals surface area contributed by atoms with Crippen LogP contribution in [-0.4, -0.2) is 43.6 Å². The van der Waals surface area contributed by atoms with E-state index < -0.39 is 20.2 Å². The summed E-state index contributed by atoms with van der Waals surface area (Å²) in [6.07, 6.45) is 4.42. The zero-order valence-corrected chi connectivity index (χ0v) is 18.6. The predicted molar refractivity (Wildman–Crippen MR) is 106 cm³/mol. The Morgan fingerprint density at radius 3 is 2.40 bits per heavy atom. The Balaban J connectivity index is 2.51. The highest BCUT2D eigenvalue weighted by Gasteiger charge is 2.44. The van der Waals surface area contributed by atoms with Crippen molar-refractivity contribution in [2.75, 3.05) is 0 Å². The van der Waals surface area contributed by atoms with Crippen LogP contribution >= 0.6 is 0 Å². The number of ether oxygens (including phenoxy) is 2. The van der Waals surface area contributed by atoms with E-state index in [1.165, 1.54) is 0 Å². The summed E-state index contributed by atoms with van der Waals surface area (Å²) < 4.78 is 18.4. The Morgan fingerprint density at radius 1 is 1.28 bits per heavy atom. The smallest absolute Gasteiger partial charge is 0.192 e. The van der Waals surface area contributed by atoms with Gasteiger partial charge in [-0.2, -0.15) is 0 Å². The van der Waals surface area contributed by atoms with Gasteiger partial charge in [0.25, 0.3) is 0 Å². The summed E-state index contributed by atoms with van der Waals surface area (Å²) in [4.78, 5) is 0. The van der Waals surface area contributed by atoms with E-state index in [1.807, 2.05) is 13.8 Å². The molecule has 0 aliphatic carbocycles. The fourth-order valence-corrected chi connectivity index (χ4v) is 4.54. The molecule has 1 aliphatic heterocycles. The molecule has 0 spiro atoms. The van der Waals surface area contributed by atoms with Crippen LogP contribution in [0.2, 0.25) is 18.1 Å². The number of aliphatic hydroxyl groups excluding tert-OH is 1. The second-order valence-corrected chi connectivity index (χ2v) is 14.1. The number of aliphatic hydroxyl groups is 1. The van der Waals surface area contributed by atoms with Crippen LogP contribution in [-0.2, 0) is 13.9 Å². The first-order chi connectivity index (χ1) is 11.3. The molecule has 1 unspecified atom stereocenters. The molecule has 1 heterocycles. The number of hydrogen-bond donors (Lipinski definition) is 1. The van der Waals surface area contributed by atoms with Crippen molar-refractivity contribution in [2.45, 2.75) is 116 Å². The molecule has 0 aromatic carbocycles. The molecule has 0 bridgehead atoms. The van der Waals surface area contributed by atoms with E-state index in [0.29, 0.717) is 6.42 Å². The minimum Gasteiger partial charge on any atom is -0.414 e. The number of rotatable bonds is 9. The van der Waals surface area contributed by atoms with Crippen molar-refractivity contribution in [1.82, 2.24) is 0 Å². The van der Waals surface area contributed by atoms with Crippen LogP contribution in [0.3, 0.4) is 0 Å². The van der Waals surface area contributed by atoms with Crippen LogP contribution in [0, 0.1) is 0 Å². The van der Waals surface area contributed by atoms with Crippen molar-refractivity contribution < 1.29 is 19.0 Å². The van der Waals surface area contributed by atoms with Gasteiger partial charge >= 0.3 is 0 Å². The molecule has 1 rings (SSSR count). The topological polar surface area (TPSA) is 47.9 Å². The van der Waals surface area contributed by atoms with E-state index in [9.17, 15) is 5.11 Å². The average molecular weight is 373 g/mol. The van der Waals surface area contributed by atoms with Gasteiger partial charge in [-0.3, -0.25) is 0 Å². The minimum atomic E-state index is -1.72. The average Bonchev–Trinajstić information content (AvgIpc) is 2.72. The normalized spacial score (nSPS) is 26.4. The highest BCUT2D eigenvalue weighted by atomic mass is 28.4. The molecule has 4 atom stereocenters. The van der Waals surface area contributed by atoms with Crippen molar-refractivity contribution in [1.29, 1.82) is 0 Å². The molecular weight excluding hydrogens is 332 g/mol. The third-order valence-electron chi connectivity index (χ3n) is 5.41. The Morgan fingerprint density at radius 2 is 1.88 bits per heavy atom. The van der Waals surface area contributed by atoms with Crippen LogP contribution in [0.4, 0.5) is 0 Å². The van der Waals surface area contributed by atoms with Gasteiger partial charge in [0.2, 0.25) is 0 Å². The summed E-state index contributed by atoms with van der Waals surface area (Å²) in [5.41, 5.74) is 0. The Labute approximate surface area is 156 Å². The van der Waals surface area contributed by atoms with Gasteiger partial charge < -0.3 is 19.0 Å². The van der Waals surface area contributed by atoms with Gasteiger partial charge in [0.15, 0.2) is 14.1 Å². The van der Waals surface area contributed by atoms with Gasteiger partial charge in [0.1, 0.15) is 6.10 Å². The molecule has 25 heavy (non-hydrogen) atoms. The van der Waals surface area contributed by atoms with Crippen LogP contribution in [0.1, 0.15) is 67.2 Å². The van der Waals surface area contributed by atoms with E-state index >= 15 is 0 Å². The lowest BCUT2D eigenvalue weighted by molar-refractivity contribution is -0.155. The standard InChI is InChI=1S/C20H40O4Si/c1-10-12-16(21)18-17(22-20(6,7)23-18)14-11-13-15(2)24-25(8,9)19(3,4)5/h10,15-18,21H,1,11-14H2,2-9H3/t15-,16?,17+,18-/m0/s1. The molecule has 1 aliphatic rings. The van der Waals surface area contributed by atoms with Crippen molar-refractivity contribution in [3.05, 3.63) is 12.7 Å². The summed E-state index contributed by atoms with van der Waals surface area (Å²) in [5, 5.41) is 10.5. The molecular formula is C20H40O4Si. The lowest BCUT2D eigenvalue weighted by Gasteiger charge is -2.38. The lowest BCUT2D eigenvalue weighted by Crippen LogP contribution is -2.43. The second kappa shape index (κ2) is 8.66. The van der Waals surface area contributed by atoms with Gasteiger partial charge in [-0.25, -0.2) is 0 Å². The Bertz CT molecular complexity index is 428. The molecule has 5 heteroatoms. The third-order valence-corrected chi connectivity index (χ3v) is 10.0. The largest absolute Gasteiger partial charge is 0.414 e. The molecule has 0 aromatic rings. The molecule has 4 nitrogen and oxygen atoms in total. The zero-order valence-electron chi connectivity index (χ0n) is 17.6. The molecule has 1 N–H and O–H groups in total. The first-order valence-corrected chi connectivity index (χ1v) is 12.5. The lowest BCUT2D eigenvalue weighted by atomic mass is 10.00. The van der Waals surface area contributed by atoms with Crippen LogP contribution < -0.4 is 0 Å². The highest BCUT2D eigenvalue weighted by molar-refractivity contribution is 6.74. The van der Waals surface area contributed by atoms with Gasteiger partial charge in [0.05, 0.1) is 12.2 Å². The first-order valence-electron chi connectivity index (χ1n) is 9.61. The predicted octanol–water partition coefficient (Wildman–Crippen LogP) is 5.02. The zero-order chi connectivity index (χ0) is 19.5. The Kier molecular flexibility index (Phi) is 7.91. The molecule has 0 saturated carbocycles. The van der Waals surface area contributed by atoms with Crippen LogP contribution in [0.25, 0.3) is 0 Å². The summed E-state index contributed by atoms with van der Waals surface area (Å²) in [7, 11) is -1.72. The second-order valence-electron chi connectivity index (χ2n) is 9.35. The van der Waals surface area contributed by atoms with Crippen molar-refractivity contribution in [3.8, 4) is 0 Å². The first kappa shape index (κ1) is 22.8. The quantitative estimate of drug-likeness (QED) is 0.456. The van der Waals surface area contributed by atoms with Crippen molar-refractivity contribution in [2.24, 2.45) is 0 Å². The number of hydrogen-bond acceptors (Lipinski definition) is 4. The van der Waals surface area contributed by atoms with Gasteiger partial charge in [-0.05, 0) is 64.6 Å². The van der Waals surface area contributed by atoms with Gasteiger partial charge in [-0.1, -0.05) is 26.8 Å². The molecule has 0 amide bonds. The summed E-state index contributed by atoms with van der Waals surface area (Å²) >= 11 is 0. The Hall–Kier alpha value is -0.203. The SMILES string of the molecule is C=CCC(O)[C@@H]1OC(C)(C)O[C@@H]1CCC[C@H](C)O[Si](C)(C)C(C)(C)C. The molecule has 148 valence electrons. The third kappa shape index (κ3) is 6.79. The van der Waals surface area contributed by atoms with Crippen LogP contribution in [0.15, 0.2) is 12.7 Å². The minimum absolute atomic E-state index is 0.0787. The van der Waals surface area contributed by atoms with E-state index in [4.69, 9.17) is 13.9 Å². The van der Waals surface area contributed by atoms with Gasteiger partial charge in [0, 0.05) is 6.10 Å². The van der Waals surface area contributed by atoms with E-state index in [1.54, 1.807) is 6.08 Å². The van der Waals surface area contributed by atoms with E-state index in [2.05, 4.69) is 47.4 Å². The monoisotopic (exact) mass is 372 g/mol. The maximum absolute atomic E-state index is 10.3. The highest BCUT2D eigenvalue weighted by Crippen LogP contribution is 2.38. The van der Waals surface area contributed by atoms with E-state index in [-0.39, 0.29) is 23.4 Å². The summed E-state index contributed by atoms with van der Waals surface area (Å²) in [6, 6.07) is 0. The summed E-state index contributed by atoms with van der Waals surface area (Å²) in [6.45, 7) is 21.1. The molecule has 0 radical (unpaired) electrons. The van der Waals surface area contributed by atoms with E-state index in [0.717, 1.165) is 19.3 Å². The molecule has 1 saturated heterocycles. The van der Waals surface area contributed by atoms with Gasteiger partial charge in [-0.15, -0.1) is 6.58 Å². The fraction of sp³-hybridized carbons (Fsp3) is 0.900.